The molecule has 3 nitrogen and oxygen atoms in total. The Kier molecular flexibility index (Phi) is 5.30. The van der Waals surface area contributed by atoms with E-state index in [0.717, 1.165) is 29.9 Å². The van der Waals surface area contributed by atoms with Gasteiger partial charge in [0.15, 0.2) is 11.2 Å². The van der Waals surface area contributed by atoms with E-state index in [1.807, 2.05) is 24.0 Å². The van der Waals surface area contributed by atoms with E-state index in [4.69, 9.17) is 0 Å². The summed E-state index contributed by atoms with van der Waals surface area (Å²) in [6.07, 6.45) is -0.183. The van der Waals surface area contributed by atoms with Crippen LogP contribution in [0.2, 0.25) is 0 Å². The zero-order valence-electron chi connectivity index (χ0n) is 11.5. The molecule has 1 radical (unpaired) electrons. The predicted molar refractivity (Wildman–Crippen MR) is 74.6 cm³/mol. The maximum atomic E-state index is 12.8. The Balaban J connectivity index is 2.12. The van der Waals surface area contributed by atoms with Gasteiger partial charge in [0.2, 0.25) is 0 Å². The molecule has 0 atom stereocenters. The Bertz CT molecular complexity index is 554. The van der Waals surface area contributed by atoms with Gasteiger partial charge in [-0.1, -0.05) is 6.92 Å². The van der Waals surface area contributed by atoms with E-state index >= 15 is 0 Å². The normalized spacial score (nSPS) is 12.0. The molecule has 2 aromatic heterocycles. The minimum absolute atomic E-state index is 0.213. The van der Waals surface area contributed by atoms with Crippen LogP contribution in [-0.4, -0.2) is 21.4 Å². The molecule has 0 aliphatic heterocycles. The van der Waals surface area contributed by atoms with Gasteiger partial charge in [0.05, 0.1) is 4.88 Å². The lowest BCUT2D eigenvalue weighted by molar-refractivity contribution is -0.141. The van der Waals surface area contributed by atoms with Gasteiger partial charge in [-0.05, 0) is 30.7 Å². The number of pyridine rings is 1. The minimum Gasteiger partial charge on any atom is -0.294 e. The number of halogens is 3. The molecule has 0 fully saturated rings. The first kappa shape index (κ1) is 15.9. The van der Waals surface area contributed by atoms with Crippen LogP contribution in [0, 0.1) is 5.51 Å². The molecule has 0 spiro atoms. The summed E-state index contributed by atoms with van der Waals surface area (Å²) in [4.78, 5) is 9.47. The van der Waals surface area contributed by atoms with Crippen molar-refractivity contribution in [3.8, 4) is 0 Å². The standard InChI is InChI=1S/C14H15F3N3S/c1-2-7-20(8-11-3-5-18-6-4-11)9-12-13(14(15,16)17)19-10-21-12/h3-6H,2,7-9H2,1H3. The molecule has 2 heterocycles. The number of hydrogen-bond acceptors (Lipinski definition) is 4. The SMILES string of the molecule is CCCN(Cc1ccncc1)Cc1s[c]nc1C(F)(F)F. The fraction of sp³-hybridized carbons (Fsp3) is 0.429. The fourth-order valence-corrected chi connectivity index (χ4v) is 2.79. The molecule has 2 rings (SSSR count). The summed E-state index contributed by atoms with van der Waals surface area (Å²) >= 11 is 0.931. The highest BCUT2D eigenvalue weighted by atomic mass is 32.1. The van der Waals surface area contributed by atoms with Crippen LogP contribution in [0.25, 0.3) is 0 Å². The topological polar surface area (TPSA) is 29.0 Å². The van der Waals surface area contributed by atoms with Crippen LogP contribution in [0.15, 0.2) is 24.5 Å². The molecule has 113 valence electrons. The number of nitrogens with zero attached hydrogens (tertiary/aromatic N) is 3. The van der Waals surface area contributed by atoms with Gasteiger partial charge in [0.25, 0.3) is 0 Å². The summed E-state index contributed by atoms with van der Waals surface area (Å²) in [7, 11) is 0. The number of thiazole rings is 1. The van der Waals surface area contributed by atoms with Gasteiger partial charge >= 0.3 is 6.18 Å². The highest BCUT2D eigenvalue weighted by Gasteiger charge is 2.36. The summed E-state index contributed by atoms with van der Waals surface area (Å²) in [6.45, 7) is 3.54. The first-order chi connectivity index (χ1) is 10.0. The minimum atomic E-state index is -4.42. The Morgan fingerprint density at radius 1 is 1.24 bits per heavy atom. The van der Waals surface area contributed by atoms with Crippen molar-refractivity contribution in [3.63, 3.8) is 0 Å². The lowest BCUT2D eigenvalue weighted by Crippen LogP contribution is -2.24. The number of aromatic nitrogens is 2. The number of alkyl halides is 3. The van der Waals surface area contributed by atoms with E-state index in [1.165, 1.54) is 0 Å². The van der Waals surface area contributed by atoms with Gasteiger partial charge in [0, 0.05) is 25.5 Å². The van der Waals surface area contributed by atoms with Gasteiger partial charge in [-0.25, -0.2) is 4.98 Å². The van der Waals surface area contributed by atoms with Crippen molar-refractivity contribution >= 4 is 11.3 Å². The highest BCUT2D eigenvalue weighted by Crippen LogP contribution is 2.33. The largest absolute Gasteiger partial charge is 0.434 e. The third-order valence-electron chi connectivity index (χ3n) is 2.92. The third-order valence-corrected chi connectivity index (χ3v) is 3.67. The Morgan fingerprint density at radius 2 is 1.95 bits per heavy atom. The van der Waals surface area contributed by atoms with Crippen LogP contribution in [-0.2, 0) is 19.3 Å². The van der Waals surface area contributed by atoms with Crippen molar-refractivity contribution in [2.45, 2.75) is 32.6 Å². The van der Waals surface area contributed by atoms with E-state index in [-0.39, 0.29) is 11.4 Å². The second-order valence-corrected chi connectivity index (χ2v) is 5.52. The van der Waals surface area contributed by atoms with Gasteiger partial charge in [-0.3, -0.25) is 9.88 Å². The fourth-order valence-electron chi connectivity index (χ4n) is 2.04. The summed E-state index contributed by atoms with van der Waals surface area (Å²) in [5.41, 5.74) is 2.56. The smallest absolute Gasteiger partial charge is 0.294 e. The van der Waals surface area contributed by atoms with Crippen LogP contribution < -0.4 is 0 Å². The molecular formula is C14H15F3N3S. The molecule has 0 aliphatic carbocycles. The van der Waals surface area contributed by atoms with Crippen LogP contribution in [0.3, 0.4) is 0 Å². The van der Waals surface area contributed by atoms with Crippen molar-refractivity contribution < 1.29 is 13.2 Å². The lowest BCUT2D eigenvalue weighted by atomic mass is 10.2. The average Bonchev–Trinajstić information content (AvgIpc) is 2.88. The Morgan fingerprint density at radius 3 is 2.57 bits per heavy atom. The molecule has 0 aliphatic rings. The van der Waals surface area contributed by atoms with Crippen molar-refractivity contribution in [3.05, 3.63) is 46.2 Å². The lowest BCUT2D eigenvalue weighted by Gasteiger charge is -2.21. The number of rotatable bonds is 6. The first-order valence-electron chi connectivity index (χ1n) is 6.55. The molecule has 7 heteroatoms. The molecule has 0 bridgehead atoms. The van der Waals surface area contributed by atoms with Crippen LogP contribution >= 0.6 is 11.3 Å². The quantitative estimate of drug-likeness (QED) is 0.813. The maximum absolute atomic E-state index is 12.8. The average molecular weight is 314 g/mol. The van der Waals surface area contributed by atoms with Gasteiger partial charge < -0.3 is 0 Å². The zero-order chi connectivity index (χ0) is 15.3. The third kappa shape index (κ3) is 4.50. The number of hydrogen-bond donors (Lipinski definition) is 0. The van der Waals surface area contributed by atoms with E-state index in [9.17, 15) is 13.2 Å². The first-order valence-corrected chi connectivity index (χ1v) is 7.36. The molecule has 21 heavy (non-hydrogen) atoms. The monoisotopic (exact) mass is 314 g/mol. The van der Waals surface area contributed by atoms with Crippen LogP contribution in [0.5, 0.6) is 0 Å². The van der Waals surface area contributed by atoms with Crippen molar-refractivity contribution in [2.75, 3.05) is 6.54 Å². The molecule has 0 saturated carbocycles. The van der Waals surface area contributed by atoms with Gasteiger partial charge in [-0.2, -0.15) is 13.2 Å². The summed E-state index contributed by atoms with van der Waals surface area (Å²) in [5.74, 6) is 0. The van der Waals surface area contributed by atoms with Crippen molar-refractivity contribution in [1.82, 2.24) is 14.9 Å². The molecule has 0 N–H and O–H groups in total. The van der Waals surface area contributed by atoms with Gasteiger partial charge in [-0.15, -0.1) is 11.3 Å². The zero-order valence-corrected chi connectivity index (χ0v) is 12.3. The van der Waals surface area contributed by atoms with Crippen molar-refractivity contribution in [2.24, 2.45) is 0 Å². The summed E-state index contributed by atoms with van der Waals surface area (Å²) in [6, 6.07) is 3.73. The van der Waals surface area contributed by atoms with E-state index < -0.39 is 11.9 Å². The van der Waals surface area contributed by atoms with Crippen molar-refractivity contribution in [1.29, 1.82) is 0 Å². The summed E-state index contributed by atoms with van der Waals surface area (Å²) in [5, 5.41) is 0. The molecule has 0 aromatic carbocycles. The van der Waals surface area contributed by atoms with Crippen LogP contribution in [0.4, 0.5) is 13.2 Å². The molecule has 0 saturated heterocycles. The second kappa shape index (κ2) is 7.00. The van der Waals surface area contributed by atoms with Gasteiger partial charge in [0.1, 0.15) is 0 Å². The predicted octanol–water partition coefficient (Wildman–Crippen LogP) is 3.77. The van der Waals surface area contributed by atoms with E-state index in [1.54, 1.807) is 12.4 Å². The Labute approximate surface area is 125 Å². The molecule has 2 aromatic rings. The highest BCUT2D eigenvalue weighted by molar-refractivity contribution is 7.09. The molecular weight excluding hydrogens is 299 g/mol. The second-order valence-electron chi connectivity index (χ2n) is 4.64. The Hall–Kier alpha value is -1.47. The van der Waals surface area contributed by atoms with E-state index in [0.29, 0.717) is 6.54 Å². The maximum Gasteiger partial charge on any atom is 0.434 e. The van der Waals surface area contributed by atoms with E-state index in [2.05, 4.69) is 15.5 Å². The summed E-state index contributed by atoms with van der Waals surface area (Å²) < 4.78 is 38.5. The molecule has 0 amide bonds. The molecule has 0 unspecified atom stereocenters. The van der Waals surface area contributed by atoms with Crippen LogP contribution in [0.1, 0.15) is 29.5 Å².